The number of benzene rings is 1. The Morgan fingerprint density at radius 3 is 2.50 bits per heavy atom. The Bertz CT molecular complexity index is 606. The molecule has 0 heterocycles. The maximum atomic E-state index is 12.1. The van der Waals surface area contributed by atoms with Crippen molar-refractivity contribution in [3.63, 3.8) is 0 Å². The van der Waals surface area contributed by atoms with Gasteiger partial charge in [0.25, 0.3) is 15.7 Å². The van der Waals surface area contributed by atoms with Crippen LogP contribution in [0.4, 0.5) is 5.69 Å². The zero-order chi connectivity index (χ0) is 13.9. The molecule has 18 heavy (non-hydrogen) atoms. The van der Waals surface area contributed by atoms with E-state index in [0.29, 0.717) is 0 Å². The molecule has 7 nitrogen and oxygen atoms in total. The van der Waals surface area contributed by atoms with Gasteiger partial charge >= 0.3 is 0 Å². The summed E-state index contributed by atoms with van der Waals surface area (Å²) in [6.45, 7) is 1.40. The van der Waals surface area contributed by atoms with Crippen molar-refractivity contribution < 1.29 is 13.3 Å². The molecular formula is C10H11N3O4S. The lowest BCUT2D eigenvalue weighted by Crippen LogP contribution is -2.34. The van der Waals surface area contributed by atoms with E-state index in [1.807, 2.05) is 0 Å². The molecule has 0 amide bonds. The largest absolute Gasteiger partial charge is 0.289 e. The van der Waals surface area contributed by atoms with Gasteiger partial charge in [0.1, 0.15) is 6.04 Å². The second kappa shape index (κ2) is 5.12. The molecule has 96 valence electrons. The van der Waals surface area contributed by atoms with E-state index in [0.717, 1.165) is 16.4 Å². The predicted octanol–water partition coefficient (Wildman–Crippen LogP) is 1.13. The summed E-state index contributed by atoms with van der Waals surface area (Å²) in [6.07, 6.45) is 0. The summed E-state index contributed by atoms with van der Waals surface area (Å²) >= 11 is 0. The molecule has 0 aromatic heterocycles. The van der Waals surface area contributed by atoms with Crippen molar-refractivity contribution in [1.29, 1.82) is 5.26 Å². The first-order valence-corrected chi connectivity index (χ1v) is 6.37. The van der Waals surface area contributed by atoms with Gasteiger partial charge in [-0.3, -0.25) is 10.1 Å². The van der Waals surface area contributed by atoms with Gasteiger partial charge in [0.2, 0.25) is 0 Å². The monoisotopic (exact) mass is 269 g/mol. The van der Waals surface area contributed by atoms with Crippen LogP contribution in [0, 0.1) is 21.4 Å². The topological polar surface area (TPSA) is 104 Å². The number of para-hydroxylation sites is 1. The molecule has 0 aliphatic carbocycles. The lowest BCUT2D eigenvalue weighted by molar-refractivity contribution is -0.387. The molecule has 0 aliphatic heterocycles. The Hall–Kier alpha value is -1.98. The van der Waals surface area contributed by atoms with Gasteiger partial charge in [-0.1, -0.05) is 12.1 Å². The van der Waals surface area contributed by atoms with E-state index in [1.165, 1.54) is 26.1 Å². The van der Waals surface area contributed by atoms with Crippen LogP contribution in [0.2, 0.25) is 0 Å². The summed E-state index contributed by atoms with van der Waals surface area (Å²) in [6, 6.07) is 5.89. The number of nitrogens with zero attached hydrogens (tertiary/aromatic N) is 3. The number of nitro benzene ring substituents is 1. The Morgan fingerprint density at radius 2 is 2.00 bits per heavy atom. The van der Waals surface area contributed by atoms with E-state index in [4.69, 9.17) is 5.26 Å². The third-order valence-electron chi connectivity index (χ3n) is 2.45. The average Bonchev–Trinajstić information content (AvgIpc) is 2.36. The van der Waals surface area contributed by atoms with Gasteiger partial charge in [-0.2, -0.15) is 9.57 Å². The Labute approximate surface area is 104 Å². The molecule has 0 radical (unpaired) electrons. The minimum Gasteiger partial charge on any atom is -0.258 e. The third-order valence-corrected chi connectivity index (χ3v) is 4.43. The van der Waals surface area contributed by atoms with Crippen molar-refractivity contribution in [3.8, 4) is 6.07 Å². The minimum atomic E-state index is -4.06. The van der Waals surface area contributed by atoms with Crippen LogP contribution in [0.1, 0.15) is 6.92 Å². The summed E-state index contributed by atoms with van der Waals surface area (Å²) in [5, 5.41) is 19.5. The van der Waals surface area contributed by atoms with Crippen LogP contribution in [0.3, 0.4) is 0 Å². The molecule has 0 bridgehead atoms. The zero-order valence-corrected chi connectivity index (χ0v) is 10.6. The summed E-state index contributed by atoms with van der Waals surface area (Å²) in [5.41, 5.74) is -0.505. The normalized spacial score (nSPS) is 13.0. The van der Waals surface area contributed by atoms with Crippen LogP contribution >= 0.6 is 0 Å². The second-order valence-electron chi connectivity index (χ2n) is 3.55. The second-order valence-corrected chi connectivity index (χ2v) is 5.52. The fraction of sp³-hybridized carbons (Fsp3) is 0.300. The first-order chi connectivity index (χ1) is 8.32. The molecule has 0 N–H and O–H groups in total. The molecule has 1 atom stereocenters. The highest BCUT2D eigenvalue weighted by Crippen LogP contribution is 2.26. The highest BCUT2D eigenvalue weighted by Gasteiger charge is 2.31. The molecule has 0 spiro atoms. The molecule has 0 aliphatic rings. The van der Waals surface area contributed by atoms with Crippen LogP contribution < -0.4 is 0 Å². The summed E-state index contributed by atoms with van der Waals surface area (Å²) in [7, 11) is -2.85. The van der Waals surface area contributed by atoms with Gasteiger partial charge in [-0.25, -0.2) is 8.42 Å². The first kappa shape index (κ1) is 14.1. The van der Waals surface area contributed by atoms with Crippen LogP contribution in [0.5, 0.6) is 0 Å². The van der Waals surface area contributed by atoms with Crippen molar-refractivity contribution in [2.75, 3.05) is 7.05 Å². The minimum absolute atomic E-state index is 0.417. The van der Waals surface area contributed by atoms with E-state index >= 15 is 0 Å². The van der Waals surface area contributed by atoms with Gasteiger partial charge in [-0.15, -0.1) is 0 Å². The SMILES string of the molecule is CC(C#N)N(C)S(=O)(=O)c1ccccc1[N+](=O)[O-]. The van der Waals surface area contributed by atoms with E-state index < -0.39 is 31.6 Å². The van der Waals surface area contributed by atoms with Crippen LogP contribution in [0.15, 0.2) is 29.2 Å². The Morgan fingerprint density at radius 1 is 1.44 bits per heavy atom. The van der Waals surface area contributed by atoms with Gasteiger partial charge < -0.3 is 0 Å². The maximum Gasteiger partial charge on any atom is 0.289 e. The van der Waals surface area contributed by atoms with E-state index in [-0.39, 0.29) is 0 Å². The molecule has 0 fully saturated rings. The van der Waals surface area contributed by atoms with Gasteiger partial charge in [0.05, 0.1) is 11.0 Å². The maximum absolute atomic E-state index is 12.1. The van der Waals surface area contributed by atoms with E-state index in [2.05, 4.69) is 0 Å². The fourth-order valence-corrected chi connectivity index (χ4v) is 2.70. The fourth-order valence-electron chi connectivity index (χ4n) is 1.27. The van der Waals surface area contributed by atoms with Crippen molar-refractivity contribution in [2.24, 2.45) is 0 Å². The van der Waals surface area contributed by atoms with Gasteiger partial charge in [0, 0.05) is 13.1 Å². The number of nitro groups is 1. The summed E-state index contributed by atoms with van der Waals surface area (Å²) in [4.78, 5) is 9.60. The first-order valence-electron chi connectivity index (χ1n) is 4.93. The van der Waals surface area contributed by atoms with Crippen molar-refractivity contribution in [3.05, 3.63) is 34.4 Å². The van der Waals surface area contributed by atoms with Crippen molar-refractivity contribution >= 4 is 15.7 Å². The van der Waals surface area contributed by atoms with E-state index in [9.17, 15) is 18.5 Å². The molecule has 1 rings (SSSR count). The number of sulfonamides is 1. The standard InChI is InChI=1S/C10H11N3O4S/c1-8(7-11)12(2)18(16,17)10-6-4-3-5-9(10)13(14)15/h3-6,8H,1-2H3. The van der Waals surface area contributed by atoms with Crippen LogP contribution in [0.25, 0.3) is 0 Å². The van der Waals surface area contributed by atoms with Crippen molar-refractivity contribution in [1.82, 2.24) is 4.31 Å². The number of hydrogen-bond donors (Lipinski definition) is 0. The Kier molecular flexibility index (Phi) is 4.00. The third kappa shape index (κ3) is 2.47. The highest BCUT2D eigenvalue weighted by atomic mass is 32.2. The lowest BCUT2D eigenvalue weighted by Gasteiger charge is -2.18. The number of hydrogen-bond acceptors (Lipinski definition) is 5. The zero-order valence-electron chi connectivity index (χ0n) is 9.77. The molecule has 0 saturated heterocycles. The molecule has 0 saturated carbocycles. The lowest BCUT2D eigenvalue weighted by atomic mass is 10.3. The molecule has 1 aromatic rings. The van der Waals surface area contributed by atoms with Gasteiger partial charge in [-0.05, 0) is 13.0 Å². The smallest absolute Gasteiger partial charge is 0.258 e. The van der Waals surface area contributed by atoms with Gasteiger partial charge in [0.15, 0.2) is 4.90 Å². The van der Waals surface area contributed by atoms with E-state index in [1.54, 1.807) is 6.07 Å². The summed E-state index contributed by atoms with van der Waals surface area (Å²) < 4.78 is 25.1. The molecule has 8 heteroatoms. The molecule has 1 aromatic carbocycles. The quantitative estimate of drug-likeness (QED) is 0.601. The molecular weight excluding hydrogens is 258 g/mol. The summed E-state index contributed by atoms with van der Waals surface area (Å²) in [5.74, 6) is 0. The Balaban J connectivity index is 3.39. The average molecular weight is 269 g/mol. The number of rotatable bonds is 4. The highest BCUT2D eigenvalue weighted by molar-refractivity contribution is 7.89. The van der Waals surface area contributed by atoms with Crippen LogP contribution in [-0.4, -0.2) is 30.7 Å². The van der Waals surface area contributed by atoms with Crippen molar-refractivity contribution in [2.45, 2.75) is 17.9 Å². The van der Waals surface area contributed by atoms with Crippen LogP contribution in [-0.2, 0) is 10.0 Å². The number of nitriles is 1. The molecule has 1 unspecified atom stereocenters. The predicted molar refractivity (Wildman–Crippen MR) is 63.1 cm³/mol.